The fourth-order valence-electron chi connectivity index (χ4n) is 2.65. The maximum Gasteiger partial charge on any atom is 0.0593 e. The molecule has 1 saturated carbocycles. The molecular weight excluding hydrogens is 260 g/mol. The molecule has 2 rings (SSSR count). The van der Waals surface area contributed by atoms with Crippen molar-refractivity contribution in [2.24, 2.45) is 5.92 Å². The van der Waals surface area contributed by atoms with Gasteiger partial charge in [0.15, 0.2) is 0 Å². The first kappa shape index (κ1) is 16.5. The third-order valence-electron chi connectivity index (χ3n) is 4.40. The van der Waals surface area contributed by atoms with Gasteiger partial charge in [-0.15, -0.1) is 0 Å². The number of likely N-dealkylation sites (N-methyl/N-ethyl adjacent to an activating group) is 2. The van der Waals surface area contributed by atoms with E-state index < -0.39 is 0 Å². The van der Waals surface area contributed by atoms with E-state index in [2.05, 4.69) is 61.4 Å². The highest BCUT2D eigenvalue weighted by atomic mass is 16.5. The quantitative estimate of drug-likeness (QED) is 0.670. The molecule has 3 heteroatoms. The van der Waals surface area contributed by atoms with Crippen LogP contribution >= 0.6 is 0 Å². The SMILES string of the molecule is CCNC(c1ccccc1)C(C)N(C)CCOCC1CC1. The summed E-state index contributed by atoms with van der Waals surface area (Å²) in [5.41, 5.74) is 1.36. The van der Waals surface area contributed by atoms with Gasteiger partial charge in [-0.25, -0.2) is 0 Å². The molecular formula is C18H30N2O. The van der Waals surface area contributed by atoms with E-state index in [0.717, 1.165) is 32.2 Å². The Labute approximate surface area is 129 Å². The first-order valence-electron chi connectivity index (χ1n) is 8.28. The number of hydrogen-bond acceptors (Lipinski definition) is 3. The largest absolute Gasteiger partial charge is 0.380 e. The van der Waals surface area contributed by atoms with Gasteiger partial charge in [-0.3, -0.25) is 4.90 Å². The fraction of sp³-hybridized carbons (Fsp3) is 0.667. The molecule has 21 heavy (non-hydrogen) atoms. The Kier molecular flexibility index (Phi) is 6.68. The summed E-state index contributed by atoms with van der Waals surface area (Å²) in [6.45, 7) is 8.23. The lowest BCUT2D eigenvalue weighted by atomic mass is 9.99. The van der Waals surface area contributed by atoms with Crippen LogP contribution < -0.4 is 5.32 Å². The zero-order chi connectivity index (χ0) is 15.1. The third kappa shape index (κ3) is 5.42. The summed E-state index contributed by atoms with van der Waals surface area (Å²) in [6.07, 6.45) is 2.73. The van der Waals surface area contributed by atoms with Crippen LogP contribution in [0.1, 0.15) is 38.3 Å². The molecule has 0 aromatic heterocycles. The minimum absolute atomic E-state index is 0.365. The Morgan fingerprint density at radius 3 is 2.62 bits per heavy atom. The van der Waals surface area contributed by atoms with E-state index in [0.29, 0.717) is 12.1 Å². The van der Waals surface area contributed by atoms with Gasteiger partial charge >= 0.3 is 0 Å². The van der Waals surface area contributed by atoms with Crippen LogP contribution in [0.2, 0.25) is 0 Å². The molecule has 118 valence electrons. The molecule has 1 aliphatic rings. The van der Waals surface area contributed by atoms with E-state index in [1.165, 1.54) is 18.4 Å². The van der Waals surface area contributed by atoms with Gasteiger partial charge in [-0.2, -0.15) is 0 Å². The summed E-state index contributed by atoms with van der Waals surface area (Å²) in [5.74, 6) is 0.853. The van der Waals surface area contributed by atoms with Crippen molar-refractivity contribution in [3.05, 3.63) is 35.9 Å². The average Bonchev–Trinajstić information content (AvgIpc) is 3.33. The Morgan fingerprint density at radius 2 is 2.00 bits per heavy atom. The van der Waals surface area contributed by atoms with Crippen LogP contribution in [0.15, 0.2) is 30.3 Å². The molecule has 0 saturated heterocycles. The van der Waals surface area contributed by atoms with Crippen LogP contribution in [0.5, 0.6) is 0 Å². The molecule has 2 unspecified atom stereocenters. The van der Waals surface area contributed by atoms with Crippen molar-refractivity contribution >= 4 is 0 Å². The number of benzene rings is 1. The van der Waals surface area contributed by atoms with Crippen LogP contribution in [0.3, 0.4) is 0 Å². The molecule has 0 bridgehead atoms. The molecule has 0 aliphatic heterocycles. The second kappa shape index (κ2) is 8.52. The second-order valence-electron chi connectivity index (χ2n) is 6.19. The van der Waals surface area contributed by atoms with Gasteiger partial charge in [0.1, 0.15) is 0 Å². The third-order valence-corrected chi connectivity index (χ3v) is 4.40. The van der Waals surface area contributed by atoms with Crippen molar-refractivity contribution < 1.29 is 4.74 Å². The maximum atomic E-state index is 5.76. The molecule has 1 aliphatic carbocycles. The molecule has 0 amide bonds. The summed E-state index contributed by atoms with van der Waals surface area (Å²) < 4.78 is 5.76. The van der Waals surface area contributed by atoms with E-state index >= 15 is 0 Å². The Bertz CT molecular complexity index is 391. The summed E-state index contributed by atoms with van der Waals surface area (Å²) >= 11 is 0. The van der Waals surface area contributed by atoms with E-state index in [1.807, 2.05) is 0 Å². The zero-order valence-electron chi connectivity index (χ0n) is 13.7. The molecule has 2 atom stereocenters. The topological polar surface area (TPSA) is 24.5 Å². The van der Waals surface area contributed by atoms with Crippen molar-refractivity contribution in [2.45, 2.75) is 38.8 Å². The van der Waals surface area contributed by atoms with E-state index in [4.69, 9.17) is 4.74 Å². The predicted octanol–water partition coefficient (Wildman–Crippen LogP) is 3.08. The summed E-state index contributed by atoms with van der Waals surface area (Å²) in [7, 11) is 2.19. The van der Waals surface area contributed by atoms with Crippen molar-refractivity contribution in [2.75, 3.05) is 33.4 Å². The first-order chi connectivity index (χ1) is 10.2. The van der Waals surface area contributed by atoms with Gasteiger partial charge < -0.3 is 10.1 Å². The van der Waals surface area contributed by atoms with Crippen LogP contribution in [0.4, 0.5) is 0 Å². The summed E-state index contributed by atoms with van der Waals surface area (Å²) in [4.78, 5) is 2.40. The van der Waals surface area contributed by atoms with Gasteiger partial charge in [0.25, 0.3) is 0 Å². The monoisotopic (exact) mass is 290 g/mol. The van der Waals surface area contributed by atoms with Crippen molar-refractivity contribution in [1.29, 1.82) is 0 Å². The van der Waals surface area contributed by atoms with Crippen LogP contribution in [-0.2, 0) is 4.74 Å². The van der Waals surface area contributed by atoms with Gasteiger partial charge in [0.05, 0.1) is 6.61 Å². The Morgan fingerprint density at radius 1 is 1.29 bits per heavy atom. The van der Waals surface area contributed by atoms with E-state index in [-0.39, 0.29) is 0 Å². The number of rotatable bonds is 10. The Hall–Kier alpha value is -0.900. The van der Waals surface area contributed by atoms with Gasteiger partial charge in [-0.1, -0.05) is 37.3 Å². The van der Waals surface area contributed by atoms with E-state index in [1.54, 1.807) is 0 Å². The van der Waals surface area contributed by atoms with Crippen LogP contribution in [0, 0.1) is 5.92 Å². The predicted molar refractivity (Wildman–Crippen MR) is 88.5 cm³/mol. The highest BCUT2D eigenvalue weighted by Gasteiger charge is 2.23. The molecule has 3 nitrogen and oxygen atoms in total. The highest BCUT2D eigenvalue weighted by molar-refractivity contribution is 5.20. The number of ether oxygens (including phenoxy) is 1. The summed E-state index contributed by atoms with van der Waals surface area (Å²) in [6, 6.07) is 11.5. The standard InChI is InChI=1S/C18H30N2O/c1-4-19-18(17-8-6-5-7-9-17)15(2)20(3)12-13-21-14-16-10-11-16/h5-9,15-16,18-19H,4,10-14H2,1-3H3. The van der Waals surface area contributed by atoms with Crippen molar-refractivity contribution in [3.8, 4) is 0 Å². The average molecular weight is 290 g/mol. The molecule has 0 heterocycles. The molecule has 1 fully saturated rings. The van der Waals surface area contributed by atoms with Crippen molar-refractivity contribution in [1.82, 2.24) is 10.2 Å². The molecule has 1 N–H and O–H groups in total. The van der Waals surface area contributed by atoms with Gasteiger partial charge in [0.2, 0.25) is 0 Å². The van der Waals surface area contributed by atoms with Crippen LogP contribution in [0.25, 0.3) is 0 Å². The normalized spacial score (nSPS) is 17.9. The van der Waals surface area contributed by atoms with Crippen LogP contribution in [-0.4, -0.2) is 44.3 Å². The second-order valence-corrected chi connectivity index (χ2v) is 6.19. The smallest absolute Gasteiger partial charge is 0.0593 e. The molecule has 0 radical (unpaired) electrons. The van der Waals surface area contributed by atoms with Crippen molar-refractivity contribution in [3.63, 3.8) is 0 Å². The number of nitrogens with one attached hydrogen (secondary N) is 1. The fourth-order valence-corrected chi connectivity index (χ4v) is 2.65. The number of nitrogens with zero attached hydrogens (tertiary/aromatic N) is 1. The lowest BCUT2D eigenvalue weighted by Crippen LogP contribution is -2.42. The highest BCUT2D eigenvalue weighted by Crippen LogP contribution is 2.28. The zero-order valence-corrected chi connectivity index (χ0v) is 13.7. The van der Waals surface area contributed by atoms with E-state index in [9.17, 15) is 0 Å². The van der Waals surface area contributed by atoms with Gasteiger partial charge in [-0.05, 0) is 44.8 Å². The van der Waals surface area contributed by atoms with Gasteiger partial charge in [0, 0.05) is 25.2 Å². The summed E-state index contributed by atoms with van der Waals surface area (Å²) in [5, 5.41) is 3.62. The minimum Gasteiger partial charge on any atom is -0.380 e. The molecule has 1 aromatic carbocycles. The molecule has 1 aromatic rings. The Balaban J connectivity index is 1.82. The lowest BCUT2D eigenvalue weighted by Gasteiger charge is -2.33. The lowest BCUT2D eigenvalue weighted by molar-refractivity contribution is 0.0871. The molecule has 0 spiro atoms. The minimum atomic E-state index is 0.365. The first-order valence-corrected chi connectivity index (χ1v) is 8.28. The number of hydrogen-bond donors (Lipinski definition) is 1. The maximum absolute atomic E-state index is 5.76.